The van der Waals surface area contributed by atoms with Crippen LogP contribution in [0, 0.1) is 23.5 Å². The number of nitrogens with two attached hydrogens (primary N) is 1. The summed E-state index contributed by atoms with van der Waals surface area (Å²) in [6.07, 6.45) is 5.80. The van der Waals surface area contributed by atoms with Crippen LogP contribution in [0.3, 0.4) is 0 Å². The highest BCUT2D eigenvalue weighted by atomic mass is 19.1. The largest absolute Gasteiger partial charge is 0.382 e. The quantitative estimate of drug-likeness (QED) is 0.363. The lowest BCUT2D eigenvalue weighted by molar-refractivity contribution is 0.623. The fourth-order valence-electron chi connectivity index (χ4n) is 3.75. The fourth-order valence-corrected chi connectivity index (χ4v) is 3.75. The fraction of sp³-hybridized carbons (Fsp3) is 0.0769. The second kappa shape index (κ2) is 9.79. The maximum absolute atomic E-state index is 14.6. The van der Waals surface area contributed by atoms with E-state index in [0.717, 1.165) is 0 Å². The summed E-state index contributed by atoms with van der Waals surface area (Å²) in [4.78, 5) is 34.4. The Kier molecular flexibility index (Phi) is 6.22. The number of nitrogens with one attached hydrogen (secondary N) is 1. The molecule has 5 aromatic rings. The van der Waals surface area contributed by atoms with E-state index in [9.17, 15) is 13.6 Å². The SMILES string of the molecule is C[C@H](Nc1ncnc(N)c1C#Cc1cnccn1)c1nc2cccc(F)c2c(=O)n1-c1cccc(F)c1. The number of fused-ring (bicyclic) bond motifs is 1. The highest BCUT2D eigenvalue weighted by molar-refractivity contribution is 5.79. The number of aromatic nitrogens is 6. The van der Waals surface area contributed by atoms with Crippen molar-refractivity contribution >= 4 is 22.5 Å². The molecular formula is C26H18F2N8O. The van der Waals surface area contributed by atoms with Gasteiger partial charge in [0.25, 0.3) is 5.56 Å². The Balaban J connectivity index is 1.64. The highest BCUT2D eigenvalue weighted by Gasteiger charge is 2.21. The first-order valence-electron chi connectivity index (χ1n) is 11.0. The Morgan fingerprint density at radius 3 is 2.68 bits per heavy atom. The van der Waals surface area contributed by atoms with Crippen molar-refractivity contribution in [2.75, 3.05) is 11.1 Å². The second-order valence-electron chi connectivity index (χ2n) is 7.91. The van der Waals surface area contributed by atoms with Crippen molar-refractivity contribution in [1.29, 1.82) is 0 Å². The van der Waals surface area contributed by atoms with E-state index < -0.39 is 23.2 Å². The average molecular weight is 496 g/mol. The summed E-state index contributed by atoms with van der Waals surface area (Å²) in [5.41, 5.74) is 6.46. The minimum absolute atomic E-state index is 0.122. The van der Waals surface area contributed by atoms with E-state index in [1.807, 2.05) is 0 Å². The van der Waals surface area contributed by atoms with Crippen molar-refractivity contribution in [3.8, 4) is 17.5 Å². The zero-order valence-electron chi connectivity index (χ0n) is 19.4. The molecule has 1 atom stereocenters. The molecule has 0 bridgehead atoms. The molecule has 0 fully saturated rings. The van der Waals surface area contributed by atoms with Gasteiger partial charge in [0.15, 0.2) is 0 Å². The molecule has 0 aliphatic rings. The Morgan fingerprint density at radius 1 is 1.05 bits per heavy atom. The maximum atomic E-state index is 14.6. The van der Waals surface area contributed by atoms with Gasteiger partial charge in [0.05, 0.1) is 23.4 Å². The summed E-state index contributed by atoms with van der Waals surface area (Å²) in [7, 11) is 0. The number of hydrogen-bond acceptors (Lipinski definition) is 8. The number of benzene rings is 2. The first-order valence-corrected chi connectivity index (χ1v) is 11.0. The molecule has 2 aromatic carbocycles. The lowest BCUT2D eigenvalue weighted by Crippen LogP contribution is -2.28. The van der Waals surface area contributed by atoms with Crippen molar-refractivity contribution in [1.82, 2.24) is 29.5 Å². The third-order valence-electron chi connectivity index (χ3n) is 5.43. The lowest BCUT2D eigenvalue weighted by Gasteiger charge is -2.21. The van der Waals surface area contributed by atoms with Crippen molar-refractivity contribution in [3.05, 3.63) is 106 Å². The predicted molar refractivity (Wildman–Crippen MR) is 134 cm³/mol. The number of rotatable bonds is 4. The van der Waals surface area contributed by atoms with Crippen LogP contribution in [0.1, 0.15) is 30.0 Å². The monoisotopic (exact) mass is 496 g/mol. The minimum Gasteiger partial charge on any atom is -0.382 e. The molecular weight excluding hydrogens is 478 g/mol. The van der Waals surface area contributed by atoms with Crippen LogP contribution in [0.2, 0.25) is 0 Å². The number of halogens is 2. The van der Waals surface area contributed by atoms with Gasteiger partial charge in [0, 0.05) is 12.4 Å². The Morgan fingerprint density at radius 2 is 1.89 bits per heavy atom. The normalized spacial score (nSPS) is 11.5. The van der Waals surface area contributed by atoms with E-state index in [1.165, 1.54) is 71.9 Å². The van der Waals surface area contributed by atoms with Crippen LogP contribution in [0.15, 0.2) is 72.2 Å². The van der Waals surface area contributed by atoms with E-state index in [4.69, 9.17) is 5.73 Å². The first-order chi connectivity index (χ1) is 17.9. The molecule has 182 valence electrons. The van der Waals surface area contributed by atoms with Crippen molar-refractivity contribution in [3.63, 3.8) is 0 Å². The minimum atomic E-state index is -0.725. The van der Waals surface area contributed by atoms with E-state index in [1.54, 1.807) is 6.92 Å². The molecule has 0 unspecified atom stereocenters. The van der Waals surface area contributed by atoms with Gasteiger partial charge in [-0.2, -0.15) is 0 Å². The molecule has 0 aliphatic carbocycles. The molecule has 0 aliphatic heterocycles. The molecule has 3 N–H and O–H groups in total. The standard InChI is InChI=1S/C26H18F2N8O/c1-15(34-24-19(23(29)32-14-33-24)9-8-17-13-30-10-11-31-17)25-35-21-7-3-6-20(28)22(21)26(37)36(25)18-5-2-4-16(27)12-18/h2-7,10-15H,1H3,(H3,29,32,33,34)/t15-/m0/s1. The van der Waals surface area contributed by atoms with Gasteiger partial charge >= 0.3 is 0 Å². The third-order valence-corrected chi connectivity index (χ3v) is 5.43. The van der Waals surface area contributed by atoms with Gasteiger partial charge in [-0.15, -0.1) is 0 Å². The van der Waals surface area contributed by atoms with Crippen LogP contribution in [0.4, 0.5) is 20.4 Å². The topological polar surface area (TPSA) is 124 Å². The summed E-state index contributed by atoms with van der Waals surface area (Å²) in [5, 5.41) is 2.95. The molecule has 5 rings (SSSR count). The molecule has 11 heteroatoms. The predicted octanol–water partition coefficient (Wildman–Crippen LogP) is 3.40. The van der Waals surface area contributed by atoms with Crippen LogP contribution in [-0.4, -0.2) is 29.5 Å². The van der Waals surface area contributed by atoms with Crippen molar-refractivity contribution < 1.29 is 8.78 Å². The third kappa shape index (κ3) is 4.68. The van der Waals surface area contributed by atoms with Gasteiger partial charge in [0.1, 0.15) is 52.1 Å². The summed E-state index contributed by atoms with van der Waals surface area (Å²) < 4.78 is 29.9. The molecule has 0 saturated carbocycles. The van der Waals surface area contributed by atoms with E-state index in [2.05, 4.69) is 42.1 Å². The van der Waals surface area contributed by atoms with E-state index in [-0.39, 0.29) is 34.1 Å². The van der Waals surface area contributed by atoms with Crippen LogP contribution in [-0.2, 0) is 0 Å². The molecule has 9 nitrogen and oxygen atoms in total. The van der Waals surface area contributed by atoms with Gasteiger partial charge in [-0.1, -0.05) is 18.1 Å². The van der Waals surface area contributed by atoms with Gasteiger partial charge in [-0.3, -0.25) is 14.3 Å². The molecule has 0 radical (unpaired) electrons. The molecule has 3 heterocycles. The van der Waals surface area contributed by atoms with Gasteiger partial charge in [-0.05, 0) is 43.2 Å². The Bertz CT molecular complexity index is 1750. The lowest BCUT2D eigenvalue weighted by atomic mass is 10.2. The van der Waals surface area contributed by atoms with Gasteiger partial charge in [-0.25, -0.2) is 28.7 Å². The Labute approximate surface area is 209 Å². The van der Waals surface area contributed by atoms with Gasteiger partial charge < -0.3 is 11.1 Å². The second-order valence-corrected chi connectivity index (χ2v) is 7.91. The van der Waals surface area contributed by atoms with Crippen molar-refractivity contribution in [2.24, 2.45) is 0 Å². The first kappa shape index (κ1) is 23.5. The van der Waals surface area contributed by atoms with Gasteiger partial charge in [0.2, 0.25) is 0 Å². The average Bonchev–Trinajstić information content (AvgIpc) is 2.88. The molecule has 0 saturated heterocycles. The number of hydrogen-bond donors (Lipinski definition) is 2. The zero-order valence-corrected chi connectivity index (χ0v) is 19.4. The van der Waals surface area contributed by atoms with Crippen LogP contribution in [0.25, 0.3) is 16.6 Å². The van der Waals surface area contributed by atoms with Crippen molar-refractivity contribution in [2.45, 2.75) is 13.0 Å². The smallest absolute Gasteiger partial charge is 0.269 e. The van der Waals surface area contributed by atoms with Crippen LogP contribution < -0.4 is 16.6 Å². The summed E-state index contributed by atoms with van der Waals surface area (Å²) in [6, 6.07) is 8.90. The van der Waals surface area contributed by atoms with E-state index in [0.29, 0.717) is 11.3 Å². The maximum Gasteiger partial charge on any atom is 0.269 e. The highest BCUT2D eigenvalue weighted by Crippen LogP contribution is 2.25. The molecule has 0 amide bonds. The summed E-state index contributed by atoms with van der Waals surface area (Å²) >= 11 is 0. The molecule has 0 spiro atoms. The number of anilines is 2. The number of nitrogen functional groups attached to an aromatic ring is 1. The number of nitrogens with zero attached hydrogens (tertiary/aromatic N) is 6. The molecule has 37 heavy (non-hydrogen) atoms. The van der Waals surface area contributed by atoms with Crippen LogP contribution >= 0.6 is 0 Å². The molecule has 3 aromatic heterocycles. The zero-order chi connectivity index (χ0) is 25.9. The van der Waals surface area contributed by atoms with E-state index >= 15 is 0 Å². The summed E-state index contributed by atoms with van der Waals surface area (Å²) in [6.45, 7) is 1.72. The summed E-state index contributed by atoms with van der Waals surface area (Å²) in [5.74, 6) is 5.07. The van der Waals surface area contributed by atoms with Crippen LogP contribution in [0.5, 0.6) is 0 Å². The Hall–Kier alpha value is -5.24.